The molecule has 3 unspecified atom stereocenters. The van der Waals surface area contributed by atoms with Gasteiger partial charge in [0.1, 0.15) is 6.10 Å². The van der Waals surface area contributed by atoms with Gasteiger partial charge in [-0.3, -0.25) is 9.59 Å². The van der Waals surface area contributed by atoms with Gasteiger partial charge in [-0.05, 0) is 70.3 Å². The van der Waals surface area contributed by atoms with Crippen molar-refractivity contribution in [3.63, 3.8) is 0 Å². The largest absolute Gasteiger partial charge is 0.458 e. The van der Waals surface area contributed by atoms with E-state index in [9.17, 15) is 19.8 Å². The van der Waals surface area contributed by atoms with Crippen LogP contribution in [-0.2, 0) is 14.3 Å². The van der Waals surface area contributed by atoms with Gasteiger partial charge in [0, 0.05) is 6.42 Å². The second-order valence-electron chi connectivity index (χ2n) is 15.8. The van der Waals surface area contributed by atoms with Crippen LogP contribution in [0.3, 0.4) is 0 Å². The van der Waals surface area contributed by atoms with Crippen molar-refractivity contribution in [2.45, 2.75) is 232 Å². The predicted molar refractivity (Wildman–Crippen MR) is 245 cm³/mol. The third kappa shape index (κ3) is 39.9. The number of carbonyl (C=O) groups excluding carboxylic acids is 2. The van der Waals surface area contributed by atoms with E-state index in [2.05, 4.69) is 86.8 Å². The molecule has 0 saturated heterocycles. The molecule has 3 N–H and O–H groups in total. The number of nitrogens with one attached hydrogen (secondary N) is 1. The summed E-state index contributed by atoms with van der Waals surface area (Å²) in [5, 5.41) is 23.6. The van der Waals surface area contributed by atoms with Crippen LogP contribution in [0.25, 0.3) is 0 Å². The Hall–Kier alpha value is -2.70. The monoisotopic (exact) mass is 796 g/mol. The van der Waals surface area contributed by atoms with Gasteiger partial charge in [0.25, 0.3) is 0 Å². The summed E-state index contributed by atoms with van der Waals surface area (Å²) in [7, 11) is 0. The Labute approximate surface area is 351 Å². The van der Waals surface area contributed by atoms with E-state index < -0.39 is 18.2 Å². The smallest absolute Gasteiger partial charge is 0.306 e. The van der Waals surface area contributed by atoms with Crippen LogP contribution in [0.1, 0.15) is 213 Å². The van der Waals surface area contributed by atoms with Gasteiger partial charge in [-0.1, -0.05) is 203 Å². The van der Waals surface area contributed by atoms with Crippen LogP contribution in [0.4, 0.5) is 0 Å². The van der Waals surface area contributed by atoms with Gasteiger partial charge in [-0.25, -0.2) is 0 Å². The number of unbranched alkanes of at least 4 members (excludes halogenated alkanes) is 19. The molecule has 3 atom stereocenters. The van der Waals surface area contributed by atoms with E-state index in [-0.39, 0.29) is 24.9 Å². The SMILES string of the molecule is CC/C=C/C/C=C/C/C=C/C/C=C/C/C=C/C(CC(=O)NC(CO)C(O)CCCCCCCCCCCCCCC)OC(=O)CCCCCCC/C=C\CCCC. The van der Waals surface area contributed by atoms with Crippen molar-refractivity contribution in [2.75, 3.05) is 6.61 Å². The third-order valence-corrected chi connectivity index (χ3v) is 10.3. The Morgan fingerprint density at radius 2 is 1.00 bits per heavy atom. The zero-order valence-corrected chi connectivity index (χ0v) is 37.2. The first-order valence-corrected chi connectivity index (χ1v) is 23.7. The number of hydrogen-bond acceptors (Lipinski definition) is 5. The van der Waals surface area contributed by atoms with Gasteiger partial charge in [0.15, 0.2) is 0 Å². The van der Waals surface area contributed by atoms with Gasteiger partial charge in [0.05, 0.1) is 25.2 Å². The Bertz CT molecular complexity index is 1070. The number of allylic oxidation sites excluding steroid dienone is 11. The lowest BCUT2D eigenvalue weighted by Gasteiger charge is -2.23. The molecule has 0 radical (unpaired) electrons. The fraction of sp³-hybridized carbons (Fsp3) is 0.725. The van der Waals surface area contributed by atoms with Crippen LogP contribution >= 0.6 is 0 Å². The first-order chi connectivity index (χ1) is 28.0. The fourth-order valence-corrected chi connectivity index (χ4v) is 6.67. The van der Waals surface area contributed by atoms with Crippen molar-refractivity contribution in [2.24, 2.45) is 0 Å². The minimum Gasteiger partial charge on any atom is -0.458 e. The number of rotatable bonds is 41. The molecule has 6 nitrogen and oxygen atoms in total. The van der Waals surface area contributed by atoms with Crippen LogP contribution in [0.5, 0.6) is 0 Å². The fourth-order valence-electron chi connectivity index (χ4n) is 6.67. The maximum Gasteiger partial charge on any atom is 0.306 e. The summed E-state index contributed by atoms with van der Waals surface area (Å²) >= 11 is 0. The molecule has 0 aromatic carbocycles. The maximum absolute atomic E-state index is 13.1. The predicted octanol–water partition coefficient (Wildman–Crippen LogP) is 13.8. The van der Waals surface area contributed by atoms with Crippen LogP contribution < -0.4 is 5.32 Å². The van der Waals surface area contributed by atoms with E-state index in [0.29, 0.717) is 19.3 Å². The average Bonchev–Trinajstić information content (AvgIpc) is 3.20. The molecule has 6 heteroatoms. The Kier molecular flexibility index (Phi) is 42.3. The summed E-state index contributed by atoms with van der Waals surface area (Å²) in [5.74, 6) is -0.644. The highest BCUT2D eigenvalue weighted by Gasteiger charge is 2.23. The highest BCUT2D eigenvalue weighted by Crippen LogP contribution is 2.15. The van der Waals surface area contributed by atoms with Crippen molar-refractivity contribution in [3.05, 3.63) is 72.9 Å². The number of esters is 1. The molecule has 0 aliphatic carbocycles. The molecule has 0 aliphatic heterocycles. The second kappa shape index (κ2) is 44.4. The first kappa shape index (κ1) is 54.3. The number of aliphatic hydroxyl groups is 2. The molecule has 0 aliphatic rings. The van der Waals surface area contributed by atoms with E-state index in [1.807, 2.05) is 6.08 Å². The number of ether oxygens (including phenoxy) is 1. The highest BCUT2D eigenvalue weighted by atomic mass is 16.5. The summed E-state index contributed by atoms with van der Waals surface area (Å²) in [6.45, 7) is 6.27. The molecule has 0 aromatic heterocycles. The van der Waals surface area contributed by atoms with Crippen LogP contribution in [0.2, 0.25) is 0 Å². The lowest BCUT2D eigenvalue weighted by atomic mass is 10.0. The summed E-state index contributed by atoms with van der Waals surface area (Å²) < 4.78 is 5.79. The number of hydrogen-bond donors (Lipinski definition) is 3. The Morgan fingerprint density at radius 3 is 1.53 bits per heavy atom. The lowest BCUT2D eigenvalue weighted by molar-refractivity contribution is -0.148. The van der Waals surface area contributed by atoms with E-state index in [1.54, 1.807) is 6.08 Å². The summed E-state index contributed by atoms with van der Waals surface area (Å²) in [5.41, 5.74) is 0. The molecule has 0 rings (SSSR count). The second-order valence-corrected chi connectivity index (χ2v) is 15.8. The van der Waals surface area contributed by atoms with Crippen molar-refractivity contribution >= 4 is 11.9 Å². The molecule has 1 amide bonds. The van der Waals surface area contributed by atoms with Gasteiger partial charge >= 0.3 is 5.97 Å². The summed E-state index contributed by atoms with van der Waals surface area (Å²) in [6, 6.07) is -0.744. The third-order valence-electron chi connectivity index (χ3n) is 10.3. The molecule has 0 spiro atoms. The quantitative estimate of drug-likeness (QED) is 0.0325. The molecule has 0 bridgehead atoms. The standard InChI is InChI=1S/C51H89NO5/c1-4-7-10-13-16-19-22-24-26-28-30-33-36-39-42-47(57-51(56)44-41-38-35-32-27-21-18-15-12-9-6-3)45-50(55)52-48(46-53)49(54)43-40-37-34-31-29-25-23-20-17-14-11-8-5-2/h7,10,15-16,18-19,24,26,30,33,39,42,47-49,53-54H,4-6,8-9,11-14,17,20-23,25,27-29,31-32,34-38,40-41,43-46H2,1-3H3,(H,52,55)/b10-7+,18-15-,19-16+,26-24+,33-30+,42-39+. The topological polar surface area (TPSA) is 95.9 Å². The van der Waals surface area contributed by atoms with E-state index in [1.165, 1.54) is 89.9 Å². The van der Waals surface area contributed by atoms with Gasteiger partial charge in [0.2, 0.25) is 5.91 Å². The molecular weight excluding hydrogens is 707 g/mol. The minimum absolute atomic E-state index is 0.0514. The Balaban J connectivity index is 4.76. The molecule has 0 heterocycles. The van der Waals surface area contributed by atoms with E-state index in [4.69, 9.17) is 4.74 Å². The van der Waals surface area contributed by atoms with Crippen LogP contribution in [0.15, 0.2) is 72.9 Å². The Morgan fingerprint density at radius 1 is 0.544 bits per heavy atom. The zero-order valence-electron chi connectivity index (χ0n) is 37.2. The minimum atomic E-state index is -0.821. The van der Waals surface area contributed by atoms with Gasteiger partial charge in [-0.15, -0.1) is 0 Å². The van der Waals surface area contributed by atoms with Crippen molar-refractivity contribution < 1.29 is 24.5 Å². The van der Waals surface area contributed by atoms with Crippen molar-refractivity contribution in [3.8, 4) is 0 Å². The van der Waals surface area contributed by atoms with Crippen LogP contribution in [0, 0.1) is 0 Å². The molecule has 0 saturated carbocycles. The lowest BCUT2D eigenvalue weighted by Crippen LogP contribution is -2.46. The van der Waals surface area contributed by atoms with Crippen molar-refractivity contribution in [1.29, 1.82) is 0 Å². The normalized spacial score (nSPS) is 14.0. The molecule has 0 aromatic rings. The summed E-state index contributed by atoms with van der Waals surface area (Å²) in [6.07, 6.45) is 55.6. The molecular formula is C51H89NO5. The highest BCUT2D eigenvalue weighted by molar-refractivity contribution is 5.78. The van der Waals surface area contributed by atoms with Crippen molar-refractivity contribution in [1.82, 2.24) is 5.32 Å². The van der Waals surface area contributed by atoms with Gasteiger partial charge < -0.3 is 20.3 Å². The summed E-state index contributed by atoms with van der Waals surface area (Å²) in [4.78, 5) is 25.9. The first-order valence-electron chi connectivity index (χ1n) is 23.7. The number of amides is 1. The van der Waals surface area contributed by atoms with E-state index >= 15 is 0 Å². The average molecular weight is 796 g/mol. The zero-order chi connectivity index (χ0) is 41.7. The molecule has 328 valence electrons. The number of aliphatic hydroxyl groups excluding tert-OH is 2. The molecule has 0 fully saturated rings. The van der Waals surface area contributed by atoms with Crippen LogP contribution in [-0.4, -0.2) is 46.9 Å². The maximum atomic E-state index is 13.1. The van der Waals surface area contributed by atoms with E-state index in [0.717, 1.165) is 77.0 Å². The molecule has 57 heavy (non-hydrogen) atoms. The van der Waals surface area contributed by atoms with Gasteiger partial charge in [-0.2, -0.15) is 0 Å². The number of carbonyl (C=O) groups is 2.